The number of rotatable bonds is 17. The van der Waals surface area contributed by atoms with Crippen LogP contribution in [0.25, 0.3) is 30.6 Å². The van der Waals surface area contributed by atoms with Gasteiger partial charge in [0.05, 0.1) is 33.4 Å². The molecule has 0 unspecified atom stereocenters. The van der Waals surface area contributed by atoms with Gasteiger partial charge in [0.2, 0.25) is 5.91 Å². The molecule has 1 amide bonds. The molecule has 1 aliphatic heterocycles. The van der Waals surface area contributed by atoms with E-state index in [2.05, 4.69) is 29.7 Å². The number of aryl methyl sites for hydroxylation is 6. The number of aromatic nitrogens is 8. The molecule has 15 nitrogen and oxygen atoms in total. The Labute approximate surface area is 506 Å². The summed E-state index contributed by atoms with van der Waals surface area (Å²) < 4.78 is 5.02. The fourth-order valence-corrected chi connectivity index (χ4v) is 17.5. The van der Waals surface area contributed by atoms with Gasteiger partial charge in [-0.15, -0.1) is 40.6 Å². The molecule has 9 heterocycles. The van der Waals surface area contributed by atoms with Gasteiger partial charge in [-0.25, -0.2) is 15.0 Å². The van der Waals surface area contributed by atoms with Crippen molar-refractivity contribution in [3.63, 3.8) is 0 Å². The number of ketones is 2. The van der Waals surface area contributed by atoms with Crippen molar-refractivity contribution in [1.82, 2.24) is 43.5 Å². The number of hydrogen-bond acceptors (Lipinski definition) is 17. The Morgan fingerprint density at radius 2 is 0.916 bits per heavy atom. The van der Waals surface area contributed by atoms with E-state index in [4.69, 9.17) is 15.0 Å². The molecule has 83 heavy (non-hydrogen) atoms. The molecule has 1 saturated heterocycles. The molecule has 432 valence electrons. The number of Topliss-reactive ketones (excluding diaryl/α,β-unsaturated/α-hetero) is 2. The van der Waals surface area contributed by atoms with Gasteiger partial charge in [0.1, 0.15) is 25.9 Å². The van der Waals surface area contributed by atoms with Gasteiger partial charge in [0.15, 0.2) is 27.0 Å². The number of fused-ring (bicyclic) bond motifs is 9. The van der Waals surface area contributed by atoms with Crippen LogP contribution in [0.15, 0.2) is 116 Å². The average molecular weight is 1230 g/mol. The zero-order valence-electron chi connectivity index (χ0n) is 47.0. The molecule has 8 aromatic heterocycles. The number of hydrogen-bond donors (Lipinski definition) is 0. The van der Waals surface area contributed by atoms with Gasteiger partial charge in [0.25, 0.3) is 16.7 Å². The normalized spacial score (nSPS) is 14.7. The summed E-state index contributed by atoms with van der Waals surface area (Å²) in [4.78, 5) is 108. The van der Waals surface area contributed by atoms with E-state index >= 15 is 0 Å². The highest BCUT2D eigenvalue weighted by molar-refractivity contribution is 8.00. The van der Waals surface area contributed by atoms with Gasteiger partial charge in [-0.05, 0) is 151 Å². The SMILES string of the molecule is C=C(C)Cn1c(SCC(=O)N2CCCCC2)nc2sc3c(c2c1=O)CCCC3.C=C(C)Cn1c(SCC(=O)c2ccccn2)nc2sc3c(c2c1=O)CCCC3.C=CCn1c(SCC(=O)c2ccccn2)nc2sc3c(c2c1=O)CCCC3. The first-order chi connectivity index (χ1) is 40.3. The summed E-state index contributed by atoms with van der Waals surface area (Å²) in [5.74, 6) is 0.705. The number of thioether (sulfide) groups is 3. The van der Waals surface area contributed by atoms with E-state index in [1.54, 1.807) is 103 Å². The fourth-order valence-electron chi connectivity index (χ4n) is 10.9. The summed E-state index contributed by atoms with van der Waals surface area (Å²) >= 11 is 8.89. The van der Waals surface area contributed by atoms with Crippen LogP contribution in [0.2, 0.25) is 0 Å². The van der Waals surface area contributed by atoms with Crippen molar-refractivity contribution in [3.8, 4) is 0 Å². The molecule has 0 spiro atoms. The molecule has 0 atom stereocenters. The predicted octanol–water partition coefficient (Wildman–Crippen LogP) is 12.2. The summed E-state index contributed by atoms with van der Waals surface area (Å²) in [6.07, 6.45) is 21.1. The molecule has 1 fully saturated rings. The fraction of sp³-hybridized carbons (Fsp3) is 0.403. The zero-order valence-corrected chi connectivity index (χ0v) is 51.9. The molecule has 21 heteroatoms. The van der Waals surface area contributed by atoms with Gasteiger partial charge >= 0.3 is 0 Å². The molecular formula is C62H67N9O6S6. The minimum atomic E-state index is -0.0782. The van der Waals surface area contributed by atoms with Crippen LogP contribution >= 0.6 is 69.3 Å². The van der Waals surface area contributed by atoms with Crippen LogP contribution < -0.4 is 16.7 Å². The first-order valence-corrected chi connectivity index (χ1v) is 33.8. The maximum atomic E-state index is 13.3. The van der Waals surface area contributed by atoms with Gasteiger partial charge in [-0.3, -0.25) is 52.4 Å². The summed E-state index contributed by atoms with van der Waals surface area (Å²) in [6.45, 7) is 18.5. The van der Waals surface area contributed by atoms with E-state index in [-0.39, 0.29) is 45.7 Å². The second-order valence-electron chi connectivity index (χ2n) is 21.3. The van der Waals surface area contributed by atoms with E-state index in [1.165, 1.54) is 92.3 Å². The first kappa shape index (κ1) is 60.0. The average Bonchev–Trinajstić information content (AvgIpc) is 3.16. The van der Waals surface area contributed by atoms with Gasteiger partial charge in [-0.1, -0.05) is 77.8 Å². The highest BCUT2D eigenvalue weighted by atomic mass is 32.2. The van der Waals surface area contributed by atoms with E-state index in [0.29, 0.717) is 52.2 Å². The summed E-state index contributed by atoms with van der Waals surface area (Å²) in [5.41, 5.74) is 6.21. The second-order valence-corrected chi connectivity index (χ2v) is 27.4. The van der Waals surface area contributed by atoms with Gasteiger partial charge in [0, 0.05) is 59.7 Å². The third-order valence-corrected chi connectivity index (χ3v) is 21.4. The number of pyridine rings is 2. The van der Waals surface area contributed by atoms with E-state index in [1.807, 2.05) is 18.7 Å². The quantitative estimate of drug-likeness (QED) is 0.0363. The minimum Gasteiger partial charge on any atom is -0.342 e. The molecule has 0 saturated carbocycles. The molecule has 8 aromatic rings. The number of piperidine rings is 1. The molecule has 4 aliphatic rings. The minimum absolute atomic E-state index is 0.0137. The Balaban J connectivity index is 0.000000139. The maximum absolute atomic E-state index is 13.3. The van der Waals surface area contributed by atoms with Crippen molar-refractivity contribution >= 4 is 117 Å². The largest absolute Gasteiger partial charge is 0.342 e. The smallest absolute Gasteiger partial charge is 0.263 e. The van der Waals surface area contributed by atoms with Crippen LogP contribution in [-0.2, 0) is 63.0 Å². The second kappa shape index (κ2) is 27.7. The van der Waals surface area contributed by atoms with Crippen molar-refractivity contribution in [2.24, 2.45) is 0 Å². The monoisotopic (exact) mass is 1230 g/mol. The molecular weight excluding hydrogens is 1160 g/mol. The number of nitrogens with zero attached hydrogens (tertiary/aromatic N) is 9. The third-order valence-electron chi connectivity index (χ3n) is 14.9. The first-order valence-electron chi connectivity index (χ1n) is 28.4. The van der Waals surface area contributed by atoms with Crippen molar-refractivity contribution in [2.75, 3.05) is 30.3 Å². The van der Waals surface area contributed by atoms with Crippen molar-refractivity contribution in [3.05, 3.63) is 160 Å². The number of allylic oxidation sites excluding steroid dienone is 3. The van der Waals surface area contributed by atoms with E-state index < -0.39 is 0 Å². The van der Waals surface area contributed by atoms with Gasteiger partial charge < -0.3 is 4.90 Å². The van der Waals surface area contributed by atoms with Crippen LogP contribution in [0.1, 0.15) is 124 Å². The number of likely N-dealkylation sites (tertiary alicyclic amines) is 1. The number of amides is 1. The summed E-state index contributed by atoms with van der Waals surface area (Å²) in [7, 11) is 0. The molecule has 12 rings (SSSR count). The van der Waals surface area contributed by atoms with Crippen LogP contribution in [0.4, 0.5) is 0 Å². The zero-order chi connectivity index (χ0) is 58.1. The molecule has 0 N–H and O–H groups in total. The molecule has 0 aromatic carbocycles. The molecule has 3 aliphatic carbocycles. The van der Waals surface area contributed by atoms with Gasteiger partial charge in [-0.2, -0.15) is 0 Å². The lowest BCUT2D eigenvalue weighted by atomic mass is 9.97. The Morgan fingerprint density at radius 3 is 1.30 bits per heavy atom. The maximum Gasteiger partial charge on any atom is 0.263 e. The molecule has 0 bridgehead atoms. The van der Waals surface area contributed by atoms with Crippen LogP contribution in [-0.4, -0.2) is 91.3 Å². The van der Waals surface area contributed by atoms with Crippen LogP contribution in [0.5, 0.6) is 0 Å². The number of carbonyl (C=O) groups excluding carboxylic acids is 3. The third kappa shape index (κ3) is 13.9. The summed E-state index contributed by atoms with van der Waals surface area (Å²) in [6, 6.07) is 10.5. The van der Waals surface area contributed by atoms with E-state index in [9.17, 15) is 28.8 Å². The topological polar surface area (TPSA) is 185 Å². The van der Waals surface area contributed by atoms with E-state index in [0.717, 1.165) is 126 Å². The Hall–Kier alpha value is -6.10. The highest BCUT2D eigenvalue weighted by Crippen LogP contribution is 2.38. The Kier molecular flexibility index (Phi) is 20.1. The predicted molar refractivity (Wildman–Crippen MR) is 341 cm³/mol. The highest BCUT2D eigenvalue weighted by Gasteiger charge is 2.27. The number of carbonyl (C=O) groups is 3. The lowest BCUT2D eigenvalue weighted by Gasteiger charge is -2.26. The van der Waals surface area contributed by atoms with Crippen LogP contribution in [0.3, 0.4) is 0 Å². The standard InChI is InChI=1S/C21H27N3O2S2.C21H21N3O2S2.C20H19N3O2S2/c1-14(2)12-24-20(26)18-15-8-4-5-9-16(15)28-19(18)22-21(24)27-13-17(25)23-10-6-3-7-11-23;1-13(2)11-24-20(26)18-14-7-3-4-9-17(14)28-19(18)23-21(24)27-12-16(25)15-8-5-6-10-22-15;1-2-11-23-19(25)17-13-7-3-4-9-16(13)27-18(17)22-20(23)26-12-15(24)14-8-5-6-10-21-14/h1,3-13H2,2H3;5-6,8,10H,1,3-4,7,9,11-12H2,2H3;2,5-6,8,10H,1,3-4,7,9,11-12H2. The van der Waals surface area contributed by atoms with Crippen molar-refractivity contribution < 1.29 is 14.4 Å². The van der Waals surface area contributed by atoms with Crippen LogP contribution in [0, 0.1) is 0 Å². The van der Waals surface area contributed by atoms with Crippen molar-refractivity contribution in [1.29, 1.82) is 0 Å². The number of thiophene rings is 3. The lowest BCUT2D eigenvalue weighted by molar-refractivity contribution is -0.129. The van der Waals surface area contributed by atoms with Crippen molar-refractivity contribution in [2.45, 2.75) is 145 Å². The Bertz CT molecular complexity index is 3970. The lowest BCUT2D eigenvalue weighted by Crippen LogP contribution is -2.37. The molecule has 0 radical (unpaired) electrons. The summed E-state index contributed by atoms with van der Waals surface area (Å²) in [5, 5.41) is 4.11. The Morgan fingerprint density at radius 1 is 0.530 bits per heavy atom.